The van der Waals surface area contributed by atoms with Gasteiger partial charge in [0, 0.05) is 29.4 Å². The van der Waals surface area contributed by atoms with Crippen LogP contribution >= 0.6 is 11.6 Å². The summed E-state index contributed by atoms with van der Waals surface area (Å²) >= 11 is 6.14. The van der Waals surface area contributed by atoms with E-state index in [1.807, 2.05) is 24.3 Å². The van der Waals surface area contributed by atoms with Crippen LogP contribution in [-0.2, 0) is 9.53 Å². The lowest BCUT2D eigenvalue weighted by Gasteiger charge is -2.04. The van der Waals surface area contributed by atoms with Gasteiger partial charge in [-0.15, -0.1) is 0 Å². The molecule has 18 heavy (non-hydrogen) atoms. The molecule has 0 aliphatic heterocycles. The Morgan fingerprint density at radius 1 is 1.39 bits per heavy atom. The molecule has 1 aromatic carbocycles. The fourth-order valence-electron chi connectivity index (χ4n) is 1.67. The summed E-state index contributed by atoms with van der Waals surface area (Å²) in [5.41, 5.74) is 0.725. The van der Waals surface area contributed by atoms with Crippen LogP contribution in [0.25, 0.3) is 15.8 Å². The topological polar surface area (TPSA) is 39.2 Å². The van der Waals surface area contributed by atoms with E-state index in [4.69, 9.17) is 16.3 Å². The Morgan fingerprint density at radius 2 is 2.17 bits per heavy atom. The molecule has 0 unspecified atom stereocenters. The number of aromatic nitrogens is 1. The second kappa shape index (κ2) is 5.65. The Kier molecular flexibility index (Phi) is 3.95. The lowest BCUT2D eigenvalue weighted by molar-refractivity contribution is -0.137. The van der Waals surface area contributed by atoms with E-state index >= 15 is 0 Å². The minimum atomic E-state index is -0.449. The molecule has 0 aliphatic carbocycles. The third-order valence-corrected chi connectivity index (χ3v) is 2.77. The van der Waals surface area contributed by atoms with E-state index < -0.39 is 5.97 Å². The van der Waals surface area contributed by atoms with Gasteiger partial charge in [-0.25, -0.2) is 4.79 Å². The summed E-state index contributed by atoms with van der Waals surface area (Å²) in [6.45, 7) is 2.08. The van der Waals surface area contributed by atoms with Crippen LogP contribution in [0.3, 0.4) is 0 Å². The second-order valence-corrected chi connectivity index (χ2v) is 4.06. The first-order chi connectivity index (χ1) is 8.72. The molecule has 1 heterocycles. The Bertz CT molecular complexity index is 602. The molecule has 0 saturated carbocycles. The van der Waals surface area contributed by atoms with E-state index in [1.165, 1.54) is 6.08 Å². The predicted octanol–water partition coefficient (Wildman–Crippen LogP) is 3.38. The first-order valence-corrected chi connectivity index (χ1v) is 5.97. The molecule has 0 atom stereocenters. The average Bonchev–Trinajstić information content (AvgIpc) is 2.38. The number of fused-ring (bicyclic) bond motifs is 1. The highest BCUT2D eigenvalue weighted by Gasteiger charge is 2.07. The Labute approximate surface area is 110 Å². The maximum absolute atomic E-state index is 11.4. The minimum absolute atomic E-state index is 0.327. The zero-order chi connectivity index (χ0) is 13.0. The van der Waals surface area contributed by atoms with Crippen LogP contribution in [0, 0.1) is 0 Å². The fraction of sp³-hybridized carbons (Fsp3) is 0.143. The van der Waals surface area contributed by atoms with Crippen molar-refractivity contribution < 1.29 is 9.53 Å². The smallest absolute Gasteiger partial charge is 0.332 e. The molecule has 0 radical (unpaired) electrons. The number of halogens is 1. The number of nitrogens with zero attached hydrogens (tertiary/aromatic N) is 1. The molecular formula is C14H12ClNO2. The van der Waals surface area contributed by atoms with Crippen LogP contribution in [0.1, 0.15) is 12.5 Å². The molecule has 92 valence electrons. The van der Waals surface area contributed by atoms with E-state index in [-0.39, 0.29) is 0 Å². The predicted molar refractivity (Wildman–Crippen MR) is 72.2 cm³/mol. The third kappa shape index (κ3) is 2.68. The zero-order valence-corrected chi connectivity index (χ0v) is 10.6. The van der Waals surface area contributed by atoms with E-state index in [9.17, 15) is 4.79 Å². The van der Waals surface area contributed by atoms with Crippen molar-refractivity contribution in [2.75, 3.05) is 6.61 Å². The molecule has 0 amide bonds. The van der Waals surface area contributed by atoms with Gasteiger partial charge in [0.2, 0.25) is 0 Å². The molecular weight excluding hydrogens is 250 g/mol. The van der Waals surface area contributed by atoms with Crippen molar-refractivity contribution in [2.45, 2.75) is 6.92 Å². The Balaban J connectivity index is 2.45. The van der Waals surface area contributed by atoms with Gasteiger partial charge in [0.1, 0.15) is 0 Å². The largest absolute Gasteiger partial charge is 0.463 e. The molecule has 2 aromatic rings. The molecule has 3 nitrogen and oxygen atoms in total. The highest BCUT2D eigenvalue weighted by Crippen LogP contribution is 2.26. The summed E-state index contributed by atoms with van der Waals surface area (Å²) in [6, 6.07) is 7.73. The van der Waals surface area contributed by atoms with Crippen LogP contribution in [0.2, 0.25) is 0 Å². The van der Waals surface area contributed by atoms with Crippen LogP contribution in [0.15, 0.2) is 42.7 Å². The van der Waals surface area contributed by atoms with E-state index in [1.54, 1.807) is 19.3 Å². The van der Waals surface area contributed by atoms with Gasteiger partial charge in [-0.3, -0.25) is 4.98 Å². The van der Waals surface area contributed by atoms with Crippen molar-refractivity contribution >= 4 is 33.4 Å². The van der Waals surface area contributed by atoms with Gasteiger partial charge in [0.05, 0.1) is 11.6 Å². The number of rotatable bonds is 3. The molecule has 0 spiro atoms. The van der Waals surface area contributed by atoms with Crippen molar-refractivity contribution in [3.63, 3.8) is 0 Å². The standard InChI is InChI=1S/C14H12ClNO2/c1-2-18-14(17)7-13(15)12-9-16-8-10-5-3-4-6-11(10)12/h3-9H,2H2,1H3/b13-7+. The number of hydrogen-bond acceptors (Lipinski definition) is 3. The summed E-state index contributed by atoms with van der Waals surface area (Å²) in [7, 11) is 0. The molecule has 4 heteroatoms. The van der Waals surface area contributed by atoms with Crippen molar-refractivity contribution in [1.29, 1.82) is 0 Å². The summed E-state index contributed by atoms with van der Waals surface area (Å²) in [6.07, 6.45) is 4.67. The maximum atomic E-state index is 11.4. The first kappa shape index (κ1) is 12.6. The monoisotopic (exact) mass is 261 g/mol. The first-order valence-electron chi connectivity index (χ1n) is 5.59. The summed E-state index contributed by atoms with van der Waals surface area (Å²) < 4.78 is 4.83. The van der Waals surface area contributed by atoms with Crippen LogP contribution < -0.4 is 0 Å². The fourth-order valence-corrected chi connectivity index (χ4v) is 1.91. The number of pyridine rings is 1. The van der Waals surface area contributed by atoms with Crippen molar-refractivity contribution in [1.82, 2.24) is 4.98 Å². The molecule has 0 aliphatic rings. The SMILES string of the molecule is CCOC(=O)/C=C(/Cl)c1cncc2ccccc12. The number of ether oxygens (including phenoxy) is 1. The second-order valence-electron chi connectivity index (χ2n) is 3.65. The van der Waals surface area contributed by atoms with E-state index in [0.29, 0.717) is 11.6 Å². The van der Waals surface area contributed by atoms with Crippen molar-refractivity contribution in [3.05, 3.63) is 48.3 Å². The lowest BCUT2D eigenvalue weighted by atomic mass is 10.1. The number of hydrogen-bond donors (Lipinski definition) is 0. The normalized spacial score (nSPS) is 11.6. The number of carbonyl (C=O) groups is 1. The summed E-state index contributed by atoms with van der Waals surface area (Å²) in [4.78, 5) is 15.5. The van der Waals surface area contributed by atoms with Crippen molar-refractivity contribution in [3.8, 4) is 0 Å². The zero-order valence-electron chi connectivity index (χ0n) is 9.89. The van der Waals surface area contributed by atoms with Crippen molar-refractivity contribution in [2.24, 2.45) is 0 Å². The van der Waals surface area contributed by atoms with Crippen LogP contribution in [-0.4, -0.2) is 17.6 Å². The molecule has 2 rings (SSSR count). The number of carbonyl (C=O) groups excluding carboxylic acids is 1. The summed E-state index contributed by atoms with van der Waals surface area (Å²) in [5, 5.41) is 2.27. The number of benzene rings is 1. The highest BCUT2D eigenvalue weighted by molar-refractivity contribution is 6.51. The highest BCUT2D eigenvalue weighted by atomic mass is 35.5. The lowest BCUT2D eigenvalue weighted by Crippen LogP contribution is -2.00. The quantitative estimate of drug-likeness (QED) is 0.628. The molecule has 0 N–H and O–H groups in total. The van der Waals surface area contributed by atoms with E-state index in [0.717, 1.165) is 16.3 Å². The van der Waals surface area contributed by atoms with Gasteiger partial charge < -0.3 is 4.74 Å². The average molecular weight is 262 g/mol. The minimum Gasteiger partial charge on any atom is -0.463 e. The van der Waals surface area contributed by atoms with Gasteiger partial charge in [-0.05, 0) is 12.3 Å². The molecule has 0 fully saturated rings. The molecule has 0 saturated heterocycles. The van der Waals surface area contributed by atoms with Gasteiger partial charge in [0.15, 0.2) is 0 Å². The van der Waals surface area contributed by atoms with Gasteiger partial charge in [-0.2, -0.15) is 0 Å². The van der Waals surface area contributed by atoms with Gasteiger partial charge in [-0.1, -0.05) is 35.9 Å². The Morgan fingerprint density at radius 3 is 2.94 bits per heavy atom. The van der Waals surface area contributed by atoms with Gasteiger partial charge >= 0.3 is 5.97 Å². The van der Waals surface area contributed by atoms with E-state index in [2.05, 4.69) is 4.98 Å². The van der Waals surface area contributed by atoms with Crippen LogP contribution in [0.5, 0.6) is 0 Å². The number of esters is 1. The maximum Gasteiger partial charge on any atom is 0.332 e. The Hall–Kier alpha value is -1.87. The van der Waals surface area contributed by atoms with Crippen LogP contribution in [0.4, 0.5) is 0 Å². The molecule has 1 aromatic heterocycles. The summed E-state index contributed by atoms with van der Waals surface area (Å²) in [5.74, 6) is -0.449. The van der Waals surface area contributed by atoms with Gasteiger partial charge in [0.25, 0.3) is 0 Å². The third-order valence-electron chi connectivity index (χ3n) is 2.46. The molecule has 0 bridgehead atoms.